The highest BCUT2D eigenvalue weighted by molar-refractivity contribution is 7.12. The van der Waals surface area contributed by atoms with Crippen LogP contribution >= 0.6 is 11.3 Å². The topological polar surface area (TPSA) is 15.3 Å². The van der Waals surface area contributed by atoms with E-state index < -0.39 is 0 Å². The highest BCUT2D eigenvalue weighted by Gasteiger charge is 2.21. The second-order valence-electron chi connectivity index (χ2n) is 4.45. The standard InChI is InChI=1S/C12H20N2S/c1-9-6-11(10(2)15-9)7-14-5-4-12(8-14)13-3/h6,12-13H,4-5,7-8H2,1-3H3. The Kier molecular flexibility index (Phi) is 3.44. The summed E-state index contributed by atoms with van der Waals surface area (Å²) in [7, 11) is 2.06. The first-order chi connectivity index (χ1) is 7.19. The number of nitrogens with one attached hydrogen (secondary N) is 1. The number of rotatable bonds is 3. The molecule has 1 aromatic heterocycles. The fourth-order valence-corrected chi connectivity index (χ4v) is 3.23. The number of hydrogen-bond donors (Lipinski definition) is 1. The zero-order valence-electron chi connectivity index (χ0n) is 9.84. The number of thiophene rings is 1. The van der Waals surface area contributed by atoms with Crippen LogP contribution in [0.2, 0.25) is 0 Å². The largest absolute Gasteiger partial charge is 0.316 e. The molecule has 0 bridgehead atoms. The fourth-order valence-electron chi connectivity index (χ4n) is 2.29. The summed E-state index contributed by atoms with van der Waals surface area (Å²) in [6, 6.07) is 3.04. The van der Waals surface area contributed by atoms with E-state index >= 15 is 0 Å². The number of hydrogen-bond acceptors (Lipinski definition) is 3. The summed E-state index contributed by atoms with van der Waals surface area (Å²) in [4.78, 5) is 5.47. The third-order valence-corrected chi connectivity index (χ3v) is 4.23. The molecule has 3 heteroatoms. The van der Waals surface area contributed by atoms with Crippen LogP contribution in [0.15, 0.2) is 6.07 Å². The molecule has 0 amide bonds. The molecule has 1 aliphatic heterocycles. The molecule has 2 heterocycles. The third kappa shape index (κ3) is 2.60. The lowest BCUT2D eigenvalue weighted by atomic mass is 10.2. The molecular formula is C12H20N2S. The summed E-state index contributed by atoms with van der Waals surface area (Å²) in [5.74, 6) is 0. The Morgan fingerprint density at radius 1 is 1.53 bits per heavy atom. The normalized spacial score (nSPS) is 22.5. The zero-order valence-corrected chi connectivity index (χ0v) is 10.7. The lowest BCUT2D eigenvalue weighted by Crippen LogP contribution is -2.29. The van der Waals surface area contributed by atoms with E-state index in [1.54, 1.807) is 0 Å². The first-order valence-corrected chi connectivity index (χ1v) is 6.46. The van der Waals surface area contributed by atoms with E-state index in [1.165, 1.54) is 34.8 Å². The molecule has 1 aliphatic rings. The van der Waals surface area contributed by atoms with Crippen LogP contribution in [-0.2, 0) is 6.54 Å². The second kappa shape index (κ2) is 4.64. The number of likely N-dealkylation sites (tertiary alicyclic amines) is 1. The summed E-state index contributed by atoms with van der Waals surface area (Å²) >= 11 is 1.92. The number of nitrogens with zero attached hydrogens (tertiary/aromatic N) is 1. The molecule has 0 aliphatic carbocycles. The van der Waals surface area contributed by atoms with Gasteiger partial charge in [-0.25, -0.2) is 0 Å². The van der Waals surface area contributed by atoms with Gasteiger partial charge in [-0.1, -0.05) is 0 Å². The van der Waals surface area contributed by atoms with E-state index in [4.69, 9.17) is 0 Å². The van der Waals surface area contributed by atoms with Crippen LogP contribution in [0.25, 0.3) is 0 Å². The Labute approximate surface area is 96.3 Å². The van der Waals surface area contributed by atoms with Crippen molar-refractivity contribution in [2.24, 2.45) is 0 Å². The van der Waals surface area contributed by atoms with Gasteiger partial charge in [0.15, 0.2) is 0 Å². The highest BCUT2D eigenvalue weighted by Crippen LogP contribution is 2.23. The molecule has 1 atom stereocenters. The highest BCUT2D eigenvalue weighted by atomic mass is 32.1. The van der Waals surface area contributed by atoms with Gasteiger partial charge in [-0.05, 0) is 38.9 Å². The van der Waals surface area contributed by atoms with Gasteiger partial charge in [0, 0.05) is 35.4 Å². The predicted octanol–water partition coefficient (Wildman–Crippen LogP) is 2.16. The third-order valence-electron chi connectivity index (χ3n) is 3.22. The van der Waals surface area contributed by atoms with Crippen molar-refractivity contribution in [3.05, 3.63) is 21.4 Å². The van der Waals surface area contributed by atoms with Crippen LogP contribution in [-0.4, -0.2) is 31.1 Å². The molecule has 1 saturated heterocycles. The average Bonchev–Trinajstić information content (AvgIpc) is 2.75. The molecule has 1 fully saturated rings. The van der Waals surface area contributed by atoms with Crippen LogP contribution in [0.1, 0.15) is 21.7 Å². The Hall–Kier alpha value is -0.380. The first-order valence-electron chi connectivity index (χ1n) is 5.64. The van der Waals surface area contributed by atoms with Gasteiger partial charge in [0.1, 0.15) is 0 Å². The van der Waals surface area contributed by atoms with E-state index in [-0.39, 0.29) is 0 Å². The van der Waals surface area contributed by atoms with Crippen molar-refractivity contribution >= 4 is 11.3 Å². The van der Waals surface area contributed by atoms with Gasteiger partial charge in [0.25, 0.3) is 0 Å². The van der Waals surface area contributed by atoms with Gasteiger partial charge in [-0.2, -0.15) is 0 Å². The van der Waals surface area contributed by atoms with E-state index in [2.05, 4.69) is 37.2 Å². The van der Waals surface area contributed by atoms with Crippen molar-refractivity contribution in [3.63, 3.8) is 0 Å². The van der Waals surface area contributed by atoms with Crippen LogP contribution in [0.5, 0.6) is 0 Å². The van der Waals surface area contributed by atoms with Gasteiger partial charge in [-0.3, -0.25) is 4.90 Å². The molecule has 0 saturated carbocycles. The van der Waals surface area contributed by atoms with Crippen LogP contribution < -0.4 is 5.32 Å². The maximum Gasteiger partial charge on any atom is 0.0245 e. The second-order valence-corrected chi connectivity index (χ2v) is 5.91. The van der Waals surface area contributed by atoms with Crippen molar-refractivity contribution in [1.82, 2.24) is 10.2 Å². The monoisotopic (exact) mass is 224 g/mol. The molecule has 1 unspecified atom stereocenters. The van der Waals surface area contributed by atoms with Gasteiger partial charge in [-0.15, -0.1) is 11.3 Å². The van der Waals surface area contributed by atoms with Gasteiger partial charge < -0.3 is 5.32 Å². The Bertz CT molecular complexity index is 332. The Morgan fingerprint density at radius 3 is 2.87 bits per heavy atom. The maximum atomic E-state index is 3.36. The minimum atomic E-state index is 0.699. The van der Waals surface area contributed by atoms with Crippen LogP contribution in [0.3, 0.4) is 0 Å². The SMILES string of the molecule is CNC1CCN(Cc2cc(C)sc2C)C1. The van der Waals surface area contributed by atoms with Crippen LogP contribution in [0.4, 0.5) is 0 Å². The smallest absolute Gasteiger partial charge is 0.0245 e. The van der Waals surface area contributed by atoms with Crippen molar-refractivity contribution < 1.29 is 0 Å². The summed E-state index contributed by atoms with van der Waals surface area (Å²) in [6.07, 6.45) is 1.29. The number of likely N-dealkylation sites (N-methyl/N-ethyl adjacent to an activating group) is 1. The van der Waals surface area contributed by atoms with E-state index in [9.17, 15) is 0 Å². The summed E-state index contributed by atoms with van der Waals surface area (Å²) in [5, 5.41) is 3.36. The first kappa shape index (κ1) is 11.1. The zero-order chi connectivity index (χ0) is 10.8. The minimum absolute atomic E-state index is 0.699. The maximum absolute atomic E-state index is 3.36. The van der Waals surface area contributed by atoms with E-state index in [0.717, 1.165) is 6.54 Å². The Morgan fingerprint density at radius 2 is 2.33 bits per heavy atom. The Balaban J connectivity index is 1.95. The molecule has 2 rings (SSSR count). The van der Waals surface area contributed by atoms with Crippen molar-refractivity contribution in [3.8, 4) is 0 Å². The van der Waals surface area contributed by atoms with Crippen molar-refractivity contribution in [1.29, 1.82) is 0 Å². The van der Waals surface area contributed by atoms with Gasteiger partial charge >= 0.3 is 0 Å². The summed E-state index contributed by atoms with van der Waals surface area (Å²) in [6.45, 7) is 8.00. The molecule has 0 radical (unpaired) electrons. The van der Waals surface area contributed by atoms with Gasteiger partial charge in [0.2, 0.25) is 0 Å². The predicted molar refractivity (Wildman–Crippen MR) is 66.5 cm³/mol. The number of aryl methyl sites for hydroxylation is 2. The quantitative estimate of drug-likeness (QED) is 0.846. The molecule has 1 aromatic rings. The van der Waals surface area contributed by atoms with E-state index in [1.807, 2.05) is 11.3 Å². The molecule has 0 spiro atoms. The lowest BCUT2D eigenvalue weighted by Gasteiger charge is -2.15. The minimum Gasteiger partial charge on any atom is -0.316 e. The molecule has 1 N–H and O–H groups in total. The molecule has 15 heavy (non-hydrogen) atoms. The fraction of sp³-hybridized carbons (Fsp3) is 0.667. The molecule has 84 valence electrons. The molecule has 2 nitrogen and oxygen atoms in total. The van der Waals surface area contributed by atoms with E-state index in [0.29, 0.717) is 6.04 Å². The summed E-state index contributed by atoms with van der Waals surface area (Å²) < 4.78 is 0. The van der Waals surface area contributed by atoms with Crippen molar-refractivity contribution in [2.75, 3.05) is 20.1 Å². The summed E-state index contributed by atoms with van der Waals surface area (Å²) in [5.41, 5.74) is 1.52. The lowest BCUT2D eigenvalue weighted by molar-refractivity contribution is 0.322. The van der Waals surface area contributed by atoms with Crippen molar-refractivity contribution in [2.45, 2.75) is 32.9 Å². The van der Waals surface area contributed by atoms with Gasteiger partial charge in [0.05, 0.1) is 0 Å². The molecular weight excluding hydrogens is 204 g/mol. The average molecular weight is 224 g/mol. The van der Waals surface area contributed by atoms with Crippen LogP contribution in [0, 0.1) is 13.8 Å². The molecule has 0 aromatic carbocycles.